The summed E-state index contributed by atoms with van der Waals surface area (Å²) in [5.41, 5.74) is 3.98. The Morgan fingerprint density at radius 3 is 2.64 bits per heavy atom. The van der Waals surface area contributed by atoms with Crippen LogP contribution in [0.15, 0.2) is 54.2 Å². The molecule has 0 spiro atoms. The van der Waals surface area contributed by atoms with E-state index in [1.54, 1.807) is 14.2 Å². The predicted molar refractivity (Wildman–Crippen MR) is 92.6 cm³/mol. The third kappa shape index (κ3) is 4.27. The molecule has 0 aromatic heterocycles. The van der Waals surface area contributed by atoms with Crippen molar-refractivity contribution in [2.75, 3.05) is 14.2 Å². The minimum absolute atomic E-state index is 0.669. The second kappa shape index (κ2) is 7.88. The molecule has 2 nitrogen and oxygen atoms in total. The van der Waals surface area contributed by atoms with Gasteiger partial charge in [0.25, 0.3) is 0 Å². The zero-order valence-electron chi connectivity index (χ0n) is 13.9. The summed E-state index contributed by atoms with van der Waals surface area (Å²) in [5.74, 6) is 2.23. The summed E-state index contributed by atoms with van der Waals surface area (Å²) in [7, 11) is 3.33. The first-order valence-corrected chi connectivity index (χ1v) is 7.86. The van der Waals surface area contributed by atoms with Gasteiger partial charge in [0.05, 0.1) is 14.2 Å². The highest BCUT2D eigenvalue weighted by Gasteiger charge is 2.13. The lowest BCUT2D eigenvalue weighted by Gasteiger charge is -2.20. The first kappa shape index (κ1) is 16.4. The molecule has 1 aliphatic carbocycles. The Balaban J connectivity index is 1.94. The van der Waals surface area contributed by atoms with Crippen LogP contribution in [0.5, 0.6) is 11.5 Å². The summed E-state index contributed by atoms with van der Waals surface area (Å²) in [6.07, 6.45) is 11.3. The van der Waals surface area contributed by atoms with Crippen LogP contribution in [0.2, 0.25) is 0 Å². The lowest BCUT2D eigenvalue weighted by atomic mass is 9.85. The highest BCUT2D eigenvalue weighted by atomic mass is 16.5. The molecule has 0 aliphatic heterocycles. The van der Waals surface area contributed by atoms with Crippen LogP contribution in [0.3, 0.4) is 0 Å². The Labute approximate surface area is 134 Å². The normalized spacial score (nSPS) is 18.1. The molecule has 22 heavy (non-hydrogen) atoms. The molecule has 118 valence electrons. The van der Waals surface area contributed by atoms with Gasteiger partial charge in [-0.25, -0.2) is 0 Å². The summed E-state index contributed by atoms with van der Waals surface area (Å²) in [5, 5.41) is 0. The number of allylic oxidation sites excluding steroid dienone is 5. The predicted octanol–water partition coefficient (Wildman–Crippen LogP) is 5.11. The summed E-state index contributed by atoms with van der Waals surface area (Å²) in [4.78, 5) is 0. The maximum atomic E-state index is 5.34. The van der Waals surface area contributed by atoms with Gasteiger partial charge in [-0.2, -0.15) is 0 Å². The monoisotopic (exact) mass is 298 g/mol. The molecular formula is C20H26O2. The van der Waals surface area contributed by atoms with Gasteiger partial charge in [-0.1, -0.05) is 42.0 Å². The Morgan fingerprint density at radius 1 is 1.27 bits per heavy atom. The van der Waals surface area contributed by atoms with E-state index in [0.717, 1.165) is 30.8 Å². The number of rotatable bonds is 6. The number of methoxy groups -OCH3 is 2. The van der Waals surface area contributed by atoms with E-state index in [0.29, 0.717) is 5.92 Å². The van der Waals surface area contributed by atoms with Crippen molar-refractivity contribution >= 4 is 0 Å². The topological polar surface area (TPSA) is 18.5 Å². The lowest BCUT2D eigenvalue weighted by Crippen LogP contribution is -2.05. The van der Waals surface area contributed by atoms with Crippen molar-refractivity contribution in [3.8, 4) is 11.5 Å². The molecule has 0 fully saturated rings. The van der Waals surface area contributed by atoms with E-state index in [-0.39, 0.29) is 0 Å². The van der Waals surface area contributed by atoms with Gasteiger partial charge >= 0.3 is 0 Å². The van der Waals surface area contributed by atoms with Gasteiger partial charge in [0, 0.05) is 0 Å². The third-order valence-electron chi connectivity index (χ3n) is 4.28. The highest BCUT2D eigenvalue weighted by molar-refractivity contribution is 5.43. The quantitative estimate of drug-likeness (QED) is 0.680. The first-order chi connectivity index (χ1) is 10.6. The van der Waals surface area contributed by atoms with E-state index in [1.165, 1.54) is 23.1 Å². The van der Waals surface area contributed by atoms with Gasteiger partial charge < -0.3 is 9.47 Å². The van der Waals surface area contributed by atoms with E-state index < -0.39 is 0 Å². The SMILES string of the molecule is C=C(C)C1CC=C(/C=C/Cc2ccc(OC)c(OC)c2)CC1. The van der Waals surface area contributed by atoms with E-state index >= 15 is 0 Å². The van der Waals surface area contributed by atoms with Gasteiger partial charge in [-0.15, -0.1) is 0 Å². The summed E-state index contributed by atoms with van der Waals surface area (Å²) >= 11 is 0. The Hall–Kier alpha value is -1.96. The smallest absolute Gasteiger partial charge is 0.160 e. The maximum Gasteiger partial charge on any atom is 0.160 e. The van der Waals surface area contributed by atoms with Crippen molar-refractivity contribution in [1.29, 1.82) is 0 Å². The van der Waals surface area contributed by atoms with E-state index in [1.807, 2.05) is 12.1 Å². The first-order valence-electron chi connectivity index (χ1n) is 7.86. The molecule has 2 rings (SSSR count). The molecule has 1 atom stereocenters. The standard InChI is InChI=1S/C20H26O2/c1-15(2)18-11-8-16(9-12-18)6-5-7-17-10-13-19(21-3)20(14-17)22-4/h5-6,8,10,13-14,18H,1,7,9,11-12H2,2-4H3/b6-5+. The van der Waals surface area contributed by atoms with Crippen molar-refractivity contribution in [1.82, 2.24) is 0 Å². The van der Waals surface area contributed by atoms with Crippen LogP contribution >= 0.6 is 0 Å². The fourth-order valence-electron chi connectivity index (χ4n) is 2.81. The molecular weight excluding hydrogens is 272 g/mol. The van der Waals surface area contributed by atoms with Gasteiger partial charge in [0.1, 0.15) is 0 Å². The van der Waals surface area contributed by atoms with Crippen LogP contribution in [0.1, 0.15) is 31.7 Å². The molecule has 0 saturated heterocycles. The third-order valence-corrected chi connectivity index (χ3v) is 4.28. The van der Waals surface area contributed by atoms with Gasteiger partial charge in [-0.3, -0.25) is 0 Å². The van der Waals surface area contributed by atoms with Crippen LogP contribution in [0.4, 0.5) is 0 Å². The van der Waals surface area contributed by atoms with E-state index in [9.17, 15) is 0 Å². The average Bonchev–Trinajstić information content (AvgIpc) is 2.55. The van der Waals surface area contributed by atoms with Gasteiger partial charge in [0.2, 0.25) is 0 Å². The Kier molecular flexibility index (Phi) is 5.88. The zero-order chi connectivity index (χ0) is 15.9. The number of hydrogen-bond acceptors (Lipinski definition) is 2. The molecule has 0 bridgehead atoms. The molecule has 0 saturated carbocycles. The molecule has 0 N–H and O–H groups in total. The molecule has 0 amide bonds. The molecule has 1 aliphatic rings. The summed E-state index contributed by atoms with van der Waals surface area (Å²) < 4.78 is 10.6. The van der Waals surface area contributed by atoms with Crippen molar-refractivity contribution < 1.29 is 9.47 Å². The molecule has 0 heterocycles. The van der Waals surface area contributed by atoms with Crippen LogP contribution in [-0.2, 0) is 6.42 Å². The largest absolute Gasteiger partial charge is 0.493 e. The second-order valence-corrected chi connectivity index (χ2v) is 5.89. The van der Waals surface area contributed by atoms with E-state index in [2.05, 4.69) is 37.8 Å². The van der Waals surface area contributed by atoms with Crippen LogP contribution in [0.25, 0.3) is 0 Å². The number of ether oxygens (including phenoxy) is 2. The number of benzene rings is 1. The molecule has 1 unspecified atom stereocenters. The Bertz CT molecular complexity index is 581. The van der Waals surface area contributed by atoms with Crippen LogP contribution in [0, 0.1) is 5.92 Å². The number of hydrogen-bond donors (Lipinski definition) is 0. The molecule has 2 heteroatoms. The average molecular weight is 298 g/mol. The maximum absolute atomic E-state index is 5.34. The fraction of sp³-hybridized carbons (Fsp3) is 0.400. The van der Waals surface area contributed by atoms with Crippen molar-refractivity contribution in [2.24, 2.45) is 5.92 Å². The van der Waals surface area contributed by atoms with Crippen LogP contribution in [-0.4, -0.2) is 14.2 Å². The van der Waals surface area contributed by atoms with Crippen molar-refractivity contribution in [2.45, 2.75) is 32.6 Å². The zero-order valence-corrected chi connectivity index (χ0v) is 13.9. The summed E-state index contributed by atoms with van der Waals surface area (Å²) in [6, 6.07) is 6.08. The minimum atomic E-state index is 0.669. The molecule has 1 aromatic carbocycles. The minimum Gasteiger partial charge on any atom is -0.493 e. The molecule has 0 radical (unpaired) electrons. The van der Waals surface area contributed by atoms with Gasteiger partial charge in [0.15, 0.2) is 11.5 Å². The molecule has 1 aromatic rings. The van der Waals surface area contributed by atoms with E-state index in [4.69, 9.17) is 9.47 Å². The second-order valence-electron chi connectivity index (χ2n) is 5.89. The van der Waals surface area contributed by atoms with Crippen molar-refractivity contribution in [3.63, 3.8) is 0 Å². The Morgan fingerprint density at radius 2 is 2.05 bits per heavy atom. The van der Waals surface area contributed by atoms with Gasteiger partial charge in [-0.05, 0) is 56.2 Å². The lowest BCUT2D eigenvalue weighted by molar-refractivity contribution is 0.354. The van der Waals surface area contributed by atoms with Crippen molar-refractivity contribution in [3.05, 3.63) is 59.7 Å². The highest BCUT2D eigenvalue weighted by Crippen LogP contribution is 2.29. The summed E-state index contributed by atoms with van der Waals surface area (Å²) in [6.45, 7) is 6.20. The van der Waals surface area contributed by atoms with Crippen LogP contribution < -0.4 is 9.47 Å². The fourth-order valence-corrected chi connectivity index (χ4v) is 2.81.